The molecule has 0 N–H and O–H groups in total. The van der Waals surface area contributed by atoms with E-state index in [9.17, 15) is 0 Å². The van der Waals surface area contributed by atoms with Gasteiger partial charge in [-0.25, -0.2) is 0 Å². The minimum Gasteiger partial charge on any atom is -0.0990 e. The van der Waals surface area contributed by atoms with E-state index in [2.05, 4.69) is 20.4 Å². The Morgan fingerprint density at radius 2 is 2.10 bits per heavy atom. The topological polar surface area (TPSA) is 0 Å². The molecule has 0 unspecified atom stereocenters. The van der Waals surface area contributed by atoms with Crippen LogP contribution in [0.5, 0.6) is 0 Å². The van der Waals surface area contributed by atoms with Gasteiger partial charge in [-0.3, -0.25) is 0 Å². The number of allylic oxidation sites excluding steroid dienone is 1. The minimum absolute atomic E-state index is 0.475. The largest absolute Gasteiger partial charge is 0.0990 e. The summed E-state index contributed by atoms with van der Waals surface area (Å²) in [6, 6.07) is 0. The first-order valence-electron chi connectivity index (χ1n) is 4.31. The molecule has 0 aromatic carbocycles. The summed E-state index contributed by atoms with van der Waals surface area (Å²) in [6.45, 7) is 8.91. The molecule has 0 nitrogen and oxygen atoms in total. The molecule has 0 radical (unpaired) electrons. The highest BCUT2D eigenvalue weighted by Crippen LogP contribution is 2.58. The van der Waals surface area contributed by atoms with E-state index in [0.29, 0.717) is 5.41 Å². The van der Waals surface area contributed by atoms with Crippen molar-refractivity contribution in [3.63, 3.8) is 0 Å². The van der Waals surface area contributed by atoms with E-state index in [0.717, 1.165) is 11.8 Å². The van der Waals surface area contributed by atoms with Gasteiger partial charge in [0, 0.05) is 0 Å². The smallest absolute Gasteiger partial charge is 0.0116 e. The van der Waals surface area contributed by atoms with E-state index in [1.54, 1.807) is 0 Å². The zero-order valence-corrected chi connectivity index (χ0v) is 6.98. The van der Waals surface area contributed by atoms with Crippen molar-refractivity contribution in [2.24, 2.45) is 17.3 Å². The fourth-order valence-corrected chi connectivity index (χ4v) is 2.74. The second-order valence-corrected chi connectivity index (χ2v) is 4.45. The van der Waals surface area contributed by atoms with Crippen molar-refractivity contribution in [1.82, 2.24) is 0 Å². The van der Waals surface area contributed by atoms with Crippen molar-refractivity contribution >= 4 is 0 Å². The quantitative estimate of drug-likeness (QED) is 0.449. The average molecular weight is 136 g/mol. The maximum atomic E-state index is 4.19. The van der Waals surface area contributed by atoms with Crippen LogP contribution < -0.4 is 0 Å². The van der Waals surface area contributed by atoms with E-state index in [1.807, 2.05) is 0 Å². The molecule has 0 aromatic rings. The fourth-order valence-electron chi connectivity index (χ4n) is 2.74. The summed E-state index contributed by atoms with van der Waals surface area (Å²) in [7, 11) is 0. The first-order valence-corrected chi connectivity index (χ1v) is 4.31. The molecule has 0 saturated heterocycles. The van der Waals surface area contributed by atoms with Gasteiger partial charge in [0.2, 0.25) is 0 Å². The number of rotatable bonds is 0. The number of hydrogen-bond acceptors (Lipinski definition) is 0. The molecule has 0 aromatic heterocycles. The van der Waals surface area contributed by atoms with Gasteiger partial charge in [0.15, 0.2) is 0 Å². The number of fused-ring (bicyclic) bond motifs is 2. The standard InChI is InChI=1S/C10H16/c1-7-8-4-5-9(6-8)10(7,2)3/h8-9H,1,4-6H2,2-3H3/t8-,9+/m1/s1. The SMILES string of the molecule is C=C1[C@@H]2CC[C@@H](C2)C1(C)C. The Hall–Kier alpha value is -0.260. The Balaban J connectivity index is 2.34. The maximum absolute atomic E-state index is 4.19. The van der Waals surface area contributed by atoms with Crippen LogP contribution in [0, 0.1) is 17.3 Å². The van der Waals surface area contributed by atoms with Crippen molar-refractivity contribution in [2.45, 2.75) is 33.1 Å². The highest BCUT2D eigenvalue weighted by molar-refractivity contribution is 5.22. The third-order valence-corrected chi connectivity index (χ3v) is 3.77. The molecule has 2 aliphatic carbocycles. The normalized spacial score (nSPS) is 42.8. The minimum atomic E-state index is 0.475. The number of hydrogen-bond donors (Lipinski definition) is 0. The molecule has 2 aliphatic rings. The van der Waals surface area contributed by atoms with Crippen molar-refractivity contribution < 1.29 is 0 Å². The zero-order chi connectivity index (χ0) is 7.35. The Kier molecular flexibility index (Phi) is 1.07. The molecular weight excluding hydrogens is 120 g/mol. The first kappa shape index (κ1) is 6.45. The van der Waals surface area contributed by atoms with Gasteiger partial charge in [0.1, 0.15) is 0 Å². The van der Waals surface area contributed by atoms with Crippen molar-refractivity contribution in [3.8, 4) is 0 Å². The molecule has 2 rings (SSSR count). The third-order valence-electron chi connectivity index (χ3n) is 3.77. The Bertz CT molecular complexity index is 176. The first-order chi connectivity index (χ1) is 4.62. The van der Waals surface area contributed by atoms with Gasteiger partial charge in [-0.15, -0.1) is 0 Å². The molecule has 10 heavy (non-hydrogen) atoms. The lowest BCUT2D eigenvalue weighted by atomic mass is 9.73. The molecule has 56 valence electrons. The van der Waals surface area contributed by atoms with Crippen molar-refractivity contribution in [3.05, 3.63) is 12.2 Å². The van der Waals surface area contributed by atoms with Gasteiger partial charge in [0.25, 0.3) is 0 Å². The lowest BCUT2D eigenvalue weighted by molar-refractivity contribution is 0.289. The lowest BCUT2D eigenvalue weighted by Crippen LogP contribution is -2.21. The zero-order valence-electron chi connectivity index (χ0n) is 6.98. The molecule has 2 bridgehead atoms. The summed E-state index contributed by atoms with van der Waals surface area (Å²) < 4.78 is 0. The highest BCUT2D eigenvalue weighted by atomic mass is 14.5. The monoisotopic (exact) mass is 136 g/mol. The van der Waals surface area contributed by atoms with Crippen molar-refractivity contribution in [2.75, 3.05) is 0 Å². The molecule has 0 amide bonds. The molecule has 0 spiro atoms. The average Bonchev–Trinajstić information content (AvgIpc) is 2.37. The maximum Gasteiger partial charge on any atom is -0.0116 e. The third kappa shape index (κ3) is 0.574. The summed E-state index contributed by atoms with van der Waals surface area (Å²) in [6.07, 6.45) is 4.31. The van der Waals surface area contributed by atoms with E-state index < -0.39 is 0 Å². The van der Waals surface area contributed by atoms with E-state index in [-0.39, 0.29) is 0 Å². The van der Waals surface area contributed by atoms with Gasteiger partial charge in [-0.1, -0.05) is 26.0 Å². The second-order valence-electron chi connectivity index (χ2n) is 4.45. The van der Waals surface area contributed by atoms with Gasteiger partial charge in [0.05, 0.1) is 0 Å². The van der Waals surface area contributed by atoms with Crippen LogP contribution in [0.4, 0.5) is 0 Å². The second kappa shape index (κ2) is 1.66. The predicted molar refractivity (Wildman–Crippen MR) is 43.8 cm³/mol. The van der Waals surface area contributed by atoms with Crippen LogP contribution in [0.3, 0.4) is 0 Å². The van der Waals surface area contributed by atoms with Crippen LogP contribution in [-0.2, 0) is 0 Å². The Labute approximate surface area is 63.3 Å². The molecule has 2 saturated carbocycles. The molecular formula is C10H16. The molecule has 2 fully saturated rings. The summed E-state index contributed by atoms with van der Waals surface area (Å²) in [5.74, 6) is 1.85. The van der Waals surface area contributed by atoms with Gasteiger partial charge in [-0.05, 0) is 36.5 Å². The van der Waals surface area contributed by atoms with Crippen LogP contribution >= 0.6 is 0 Å². The summed E-state index contributed by atoms with van der Waals surface area (Å²) in [4.78, 5) is 0. The molecule has 0 heterocycles. The van der Waals surface area contributed by atoms with Gasteiger partial charge < -0.3 is 0 Å². The van der Waals surface area contributed by atoms with E-state index in [4.69, 9.17) is 0 Å². The summed E-state index contributed by atoms with van der Waals surface area (Å²) in [5.41, 5.74) is 2.01. The van der Waals surface area contributed by atoms with Crippen LogP contribution in [0.15, 0.2) is 12.2 Å². The Morgan fingerprint density at radius 1 is 1.40 bits per heavy atom. The van der Waals surface area contributed by atoms with E-state index >= 15 is 0 Å². The van der Waals surface area contributed by atoms with Crippen LogP contribution in [0.1, 0.15) is 33.1 Å². The highest BCUT2D eigenvalue weighted by Gasteiger charge is 2.47. The molecule has 0 heteroatoms. The lowest BCUT2D eigenvalue weighted by Gasteiger charge is -2.31. The van der Waals surface area contributed by atoms with Crippen LogP contribution in [0.25, 0.3) is 0 Å². The predicted octanol–water partition coefficient (Wildman–Crippen LogP) is 3.00. The van der Waals surface area contributed by atoms with Crippen LogP contribution in [-0.4, -0.2) is 0 Å². The summed E-state index contributed by atoms with van der Waals surface area (Å²) in [5, 5.41) is 0. The van der Waals surface area contributed by atoms with Gasteiger partial charge in [-0.2, -0.15) is 0 Å². The Morgan fingerprint density at radius 3 is 2.40 bits per heavy atom. The molecule has 0 aliphatic heterocycles. The van der Waals surface area contributed by atoms with Gasteiger partial charge >= 0.3 is 0 Å². The van der Waals surface area contributed by atoms with Crippen LogP contribution in [0.2, 0.25) is 0 Å². The van der Waals surface area contributed by atoms with E-state index in [1.165, 1.54) is 24.8 Å². The molecule has 2 atom stereocenters. The van der Waals surface area contributed by atoms with Crippen molar-refractivity contribution in [1.29, 1.82) is 0 Å². The summed E-state index contributed by atoms with van der Waals surface area (Å²) >= 11 is 0. The fraction of sp³-hybridized carbons (Fsp3) is 0.800.